The Bertz CT molecular complexity index is 74.0. The first-order valence-electron chi connectivity index (χ1n) is 4.17. The molecular formula is C9H17OTa-. The summed E-state index contributed by atoms with van der Waals surface area (Å²) in [6, 6.07) is 0. The molecule has 0 saturated heterocycles. The van der Waals surface area contributed by atoms with Gasteiger partial charge in [0.05, 0.1) is 0 Å². The van der Waals surface area contributed by atoms with Crippen LogP contribution in [0, 0.1) is 6.42 Å². The molecular weight excluding hydrogens is 305 g/mol. The third kappa shape index (κ3) is 13.4. The predicted octanol–water partition coefficient (Wildman–Crippen LogP) is 2.75. The number of unbranched alkanes of at least 4 members (excludes halogenated alkanes) is 6. The van der Waals surface area contributed by atoms with E-state index in [2.05, 4.69) is 13.3 Å². The summed E-state index contributed by atoms with van der Waals surface area (Å²) in [7, 11) is 0. The minimum atomic E-state index is 0. The molecule has 0 aliphatic rings. The molecule has 0 fully saturated rings. The first kappa shape index (κ1) is 14.0. The van der Waals surface area contributed by atoms with E-state index < -0.39 is 0 Å². The fourth-order valence-electron chi connectivity index (χ4n) is 0.869. The van der Waals surface area contributed by atoms with E-state index >= 15 is 0 Å². The summed E-state index contributed by atoms with van der Waals surface area (Å²) in [5, 5.41) is 0. The van der Waals surface area contributed by atoms with Crippen molar-refractivity contribution in [2.45, 2.75) is 45.4 Å². The topological polar surface area (TPSA) is 17.1 Å². The molecule has 0 saturated carbocycles. The van der Waals surface area contributed by atoms with Gasteiger partial charge in [-0.25, -0.2) is 0 Å². The molecule has 0 N–H and O–H groups in total. The standard InChI is InChI=1S/C9H17O.Ta/c1-2-3-4-5-6-7-8-9-10;/h6,9H,2-5,7-8H2,1H3;/q-1;. The van der Waals surface area contributed by atoms with Crippen LogP contribution in [0.25, 0.3) is 0 Å². The second-order valence-electron chi connectivity index (χ2n) is 2.53. The molecule has 1 nitrogen and oxygen atoms in total. The van der Waals surface area contributed by atoms with Crippen molar-refractivity contribution in [2.75, 3.05) is 0 Å². The first-order chi connectivity index (χ1) is 4.91. The second kappa shape index (κ2) is 13.0. The fraction of sp³-hybridized carbons (Fsp3) is 0.778. The van der Waals surface area contributed by atoms with Crippen LogP contribution >= 0.6 is 0 Å². The van der Waals surface area contributed by atoms with E-state index in [9.17, 15) is 4.79 Å². The van der Waals surface area contributed by atoms with Gasteiger partial charge in [-0.3, -0.25) is 0 Å². The molecule has 0 rings (SSSR count). The average Bonchev–Trinajstić information content (AvgIpc) is 1.97. The Morgan fingerprint density at radius 1 is 1.27 bits per heavy atom. The Kier molecular flexibility index (Phi) is 16.5. The van der Waals surface area contributed by atoms with Crippen molar-refractivity contribution in [1.29, 1.82) is 0 Å². The van der Waals surface area contributed by atoms with E-state index in [0.717, 1.165) is 12.7 Å². The summed E-state index contributed by atoms with van der Waals surface area (Å²) in [5.41, 5.74) is 0. The van der Waals surface area contributed by atoms with Crippen molar-refractivity contribution >= 4 is 6.29 Å². The molecule has 0 spiro atoms. The van der Waals surface area contributed by atoms with Crippen LogP contribution in [-0.4, -0.2) is 6.29 Å². The Labute approximate surface area is 85.5 Å². The predicted molar refractivity (Wildman–Crippen MR) is 43.7 cm³/mol. The molecule has 1 radical (unpaired) electrons. The van der Waals surface area contributed by atoms with Gasteiger partial charge in [0.15, 0.2) is 0 Å². The van der Waals surface area contributed by atoms with Crippen molar-refractivity contribution in [1.82, 2.24) is 0 Å². The number of hydrogen-bond acceptors (Lipinski definition) is 1. The first-order valence-corrected chi connectivity index (χ1v) is 4.17. The van der Waals surface area contributed by atoms with Gasteiger partial charge >= 0.3 is 0 Å². The largest absolute Gasteiger partial charge is 0.328 e. The molecule has 0 aliphatic carbocycles. The van der Waals surface area contributed by atoms with Crippen LogP contribution in [0.15, 0.2) is 0 Å². The van der Waals surface area contributed by atoms with E-state index in [0.29, 0.717) is 6.42 Å². The third-order valence-corrected chi connectivity index (χ3v) is 1.50. The Morgan fingerprint density at radius 2 is 2.00 bits per heavy atom. The molecule has 0 aromatic carbocycles. The van der Waals surface area contributed by atoms with Gasteiger partial charge in [-0.1, -0.05) is 26.2 Å². The summed E-state index contributed by atoms with van der Waals surface area (Å²) in [5.74, 6) is 0. The Morgan fingerprint density at radius 3 is 2.55 bits per heavy atom. The maximum atomic E-state index is 9.87. The summed E-state index contributed by atoms with van der Waals surface area (Å²) in [6.45, 7) is 2.20. The maximum absolute atomic E-state index is 9.87. The van der Waals surface area contributed by atoms with E-state index in [-0.39, 0.29) is 22.4 Å². The smallest absolute Gasteiger partial charge is 0.117 e. The molecule has 0 amide bonds. The molecule has 2 heteroatoms. The minimum Gasteiger partial charge on any atom is -0.328 e. The van der Waals surface area contributed by atoms with Crippen LogP contribution in [0.1, 0.15) is 45.4 Å². The molecule has 0 atom stereocenters. The van der Waals surface area contributed by atoms with Gasteiger partial charge in [-0.05, 0) is 6.42 Å². The van der Waals surface area contributed by atoms with Crippen LogP contribution in [0.5, 0.6) is 0 Å². The molecule has 0 bridgehead atoms. The van der Waals surface area contributed by atoms with Crippen molar-refractivity contribution in [3.63, 3.8) is 0 Å². The number of rotatable bonds is 7. The van der Waals surface area contributed by atoms with Crippen LogP contribution in [0.2, 0.25) is 0 Å². The number of carbonyl (C=O) groups is 1. The summed E-state index contributed by atoms with van der Waals surface area (Å²) >= 11 is 0. The average molecular weight is 322 g/mol. The molecule has 0 unspecified atom stereocenters. The van der Waals surface area contributed by atoms with Crippen molar-refractivity contribution in [3.8, 4) is 0 Å². The van der Waals surface area contributed by atoms with Crippen LogP contribution in [-0.2, 0) is 27.2 Å². The monoisotopic (exact) mass is 322 g/mol. The molecule has 0 aliphatic heterocycles. The van der Waals surface area contributed by atoms with E-state index in [1.54, 1.807) is 0 Å². The van der Waals surface area contributed by atoms with E-state index in [1.807, 2.05) is 0 Å². The molecule has 0 heterocycles. The van der Waals surface area contributed by atoms with Crippen LogP contribution in [0.4, 0.5) is 0 Å². The zero-order valence-corrected chi connectivity index (χ0v) is 10.5. The summed E-state index contributed by atoms with van der Waals surface area (Å²) in [4.78, 5) is 9.87. The van der Waals surface area contributed by atoms with Gasteiger partial charge in [0.25, 0.3) is 0 Å². The Hall–Kier alpha value is 0.410. The number of carbonyl (C=O) groups excluding carboxylic acids is 1. The second-order valence-corrected chi connectivity index (χ2v) is 2.53. The molecule has 11 heavy (non-hydrogen) atoms. The van der Waals surface area contributed by atoms with E-state index in [4.69, 9.17) is 0 Å². The summed E-state index contributed by atoms with van der Waals surface area (Å²) < 4.78 is 0. The van der Waals surface area contributed by atoms with E-state index in [1.165, 1.54) is 25.7 Å². The van der Waals surface area contributed by atoms with Crippen molar-refractivity contribution in [2.24, 2.45) is 0 Å². The molecule has 0 aromatic rings. The third-order valence-electron chi connectivity index (χ3n) is 1.50. The van der Waals surface area contributed by atoms with Gasteiger partial charge in [-0.15, -0.1) is 0 Å². The SMILES string of the molecule is CCCCC[CH-]CCC=O.[Ta]. The van der Waals surface area contributed by atoms with Gasteiger partial charge in [0.2, 0.25) is 0 Å². The quantitative estimate of drug-likeness (QED) is 0.400. The zero-order valence-electron chi connectivity index (χ0n) is 7.25. The Balaban J connectivity index is 0. The maximum Gasteiger partial charge on any atom is 0.117 e. The summed E-state index contributed by atoms with van der Waals surface area (Å²) in [6.07, 6.45) is 9.93. The normalized spacial score (nSPS) is 8.82. The fourth-order valence-corrected chi connectivity index (χ4v) is 0.869. The van der Waals surface area contributed by atoms with Gasteiger partial charge < -0.3 is 11.2 Å². The van der Waals surface area contributed by atoms with Gasteiger partial charge in [-0.2, -0.15) is 12.8 Å². The number of aldehydes is 1. The van der Waals surface area contributed by atoms with Gasteiger partial charge in [0.1, 0.15) is 6.29 Å². The van der Waals surface area contributed by atoms with Crippen molar-refractivity contribution in [3.05, 3.63) is 6.42 Å². The van der Waals surface area contributed by atoms with Crippen LogP contribution in [0.3, 0.4) is 0 Å². The molecule has 0 aromatic heterocycles. The minimum absolute atomic E-state index is 0. The zero-order chi connectivity index (χ0) is 7.66. The molecule has 65 valence electrons. The van der Waals surface area contributed by atoms with Crippen LogP contribution < -0.4 is 0 Å². The van der Waals surface area contributed by atoms with Crippen molar-refractivity contribution < 1.29 is 27.2 Å². The van der Waals surface area contributed by atoms with Gasteiger partial charge in [0, 0.05) is 22.4 Å². The number of hydrogen-bond donors (Lipinski definition) is 0.